The van der Waals surface area contributed by atoms with Gasteiger partial charge in [-0.05, 0) is 50.3 Å². The molecule has 0 aromatic heterocycles. The SMILES string of the molecule is CCNC(=NCC1(O)CCC1)N(C)CCc1ccc(OC)c(OC)c1. The van der Waals surface area contributed by atoms with E-state index in [0.29, 0.717) is 6.54 Å². The lowest BCUT2D eigenvalue weighted by Gasteiger charge is -2.35. The number of aliphatic imine (C=N–C) groups is 1. The maximum absolute atomic E-state index is 10.2. The zero-order chi connectivity index (χ0) is 18.3. The van der Waals surface area contributed by atoms with Crippen molar-refractivity contribution in [2.45, 2.75) is 38.2 Å². The molecule has 1 aromatic rings. The van der Waals surface area contributed by atoms with Gasteiger partial charge in [-0.2, -0.15) is 0 Å². The number of ether oxygens (including phenoxy) is 2. The summed E-state index contributed by atoms with van der Waals surface area (Å²) in [6.45, 7) is 4.14. The van der Waals surface area contributed by atoms with Gasteiger partial charge in [-0.25, -0.2) is 0 Å². The Morgan fingerprint density at radius 2 is 2.00 bits per heavy atom. The molecule has 2 rings (SSSR count). The lowest BCUT2D eigenvalue weighted by Crippen LogP contribution is -2.44. The molecule has 140 valence electrons. The van der Waals surface area contributed by atoms with E-state index < -0.39 is 5.60 Å². The predicted molar refractivity (Wildman–Crippen MR) is 101 cm³/mol. The molecular weight excluding hydrogens is 318 g/mol. The number of nitrogens with one attached hydrogen (secondary N) is 1. The molecule has 25 heavy (non-hydrogen) atoms. The van der Waals surface area contributed by atoms with Crippen molar-refractivity contribution in [2.75, 3.05) is 40.9 Å². The van der Waals surface area contributed by atoms with E-state index in [1.165, 1.54) is 5.56 Å². The number of likely N-dealkylation sites (N-methyl/N-ethyl adjacent to an activating group) is 1. The normalized spacial score (nSPS) is 16.1. The Kier molecular flexibility index (Phi) is 6.93. The molecular formula is C19H31N3O3. The second-order valence-corrected chi connectivity index (χ2v) is 6.61. The minimum Gasteiger partial charge on any atom is -0.493 e. The summed E-state index contributed by atoms with van der Waals surface area (Å²) in [5, 5.41) is 13.5. The summed E-state index contributed by atoms with van der Waals surface area (Å²) in [6, 6.07) is 5.99. The van der Waals surface area contributed by atoms with Gasteiger partial charge in [-0.15, -0.1) is 0 Å². The Balaban J connectivity index is 1.96. The summed E-state index contributed by atoms with van der Waals surface area (Å²) < 4.78 is 10.6. The number of hydrogen-bond donors (Lipinski definition) is 2. The summed E-state index contributed by atoms with van der Waals surface area (Å²) in [4.78, 5) is 6.72. The molecule has 0 saturated heterocycles. The third-order valence-electron chi connectivity index (χ3n) is 4.69. The van der Waals surface area contributed by atoms with Crippen molar-refractivity contribution in [1.82, 2.24) is 10.2 Å². The first kappa shape index (κ1) is 19.4. The van der Waals surface area contributed by atoms with Crippen LogP contribution in [0.3, 0.4) is 0 Å². The van der Waals surface area contributed by atoms with Gasteiger partial charge >= 0.3 is 0 Å². The van der Waals surface area contributed by atoms with E-state index in [1.807, 2.05) is 19.2 Å². The molecule has 1 fully saturated rings. The summed E-state index contributed by atoms with van der Waals surface area (Å²) in [5.41, 5.74) is 0.586. The monoisotopic (exact) mass is 349 g/mol. The molecule has 0 radical (unpaired) electrons. The van der Waals surface area contributed by atoms with Crippen molar-refractivity contribution in [1.29, 1.82) is 0 Å². The van der Waals surface area contributed by atoms with Gasteiger partial charge in [0.25, 0.3) is 0 Å². The first-order valence-corrected chi connectivity index (χ1v) is 8.94. The number of guanidine groups is 1. The summed E-state index contributed by atoms with van der Waals surface area (Å²) in [6.07, 6.45) is 3.67. The minimum absolute atomic E-state index is 0.468. The van der Waals surface area contributed by atoms with Crippen molar-refractivity contribution < 1.29 is 14.6 Å². The smallest absolute Gasteiger partial charge is 0.193 e. The largest absolute Gasteiger partial charge is 0.493 e. The highest BCUT2D eigenvalue weighted by atomic mass is 16.5. The molecule has 0 bridgehead atoms. The van der Waals surface area contributed by atoms with Gasteiger partial charge in [0, 0.05) is 20.1 Å². The van der Waals surface area contributed by atoms with Crippen LogP contribution in [-0.2, 0) is 6.42 Å². The van der Waals surface area contributed by atoms with Crippen molar-refractivity contribution in [2.24, 2.45) is 4.99 Å². The zero-order valence-electron chi connectivity index (χ0n) is 15.8. The molecule has 0 spiro atoms. The Morgan fingerprint density at radius 3 is 2.56 bits per heavy atom. The number of nitrogens with zero attached hydrogens (tertiary/aromatic N) is 2. The zero-order valence-corrected chi connectivity index (χ0v) is 15.8. The highest BCUT2D eigenvalue weighted by Crippen LogP contribution is 2.31. The predicted octanol–water partition coefficient (Wildman–Crippen LogP) is 2.06. The molecule has 1 saturated carbocycles. The fourth-order valence-electron chi connectivity index (χ4n) is 2.87. The van der Waals surface area contributed by atoms with Crippen LogP contribution in [0.25, 0.3) is 0 Å². The lowest BCUT2D eigenvalue weighted by atomic mass is 9.80. The minimum atomic E-state index is -0.592. The van der Waals surface area contributed by atoms with Crippen LogP contribution >= 0.6 is 0 Å². The number of hydrogen-bond acceptors (Lipinski definition) is 4. The number of methoxy groups -OCH3 is 2. The van der Waals surface area contributed by atoms with Gasteiger partial charge in [0.05, 0.1) is 26.4 Å². The van der Waals surface area contributed by atoms with Gasteiger partial charge in [0.2, 0.25) is 0 Å². The van der Waals surface area contributed by atoms with Gasteiger partial charge in [-0.1, -0.05) is 6.07 Å². The standard InChI is InChI=1S/C19H31N3O3/c1-5-20-18(21-14-19(23)10-6-11-19)22(2)12-9-15-7-8-16(24-3)17(13-15)25-4/h7-8,13,23H,5-6,9-12,14H2,1-4H3,(H,20,21). The van der Waals surface area contributed by atoms with Crippen molar-refractivity contribution in [3.63, 3.8) is 0 Å². The first-order valence-electron chi connectivity index (χ1n) is 8.94. The molecule has 1 aromatic carbocycles. The Hall–Kier alpha value is -1.95. The molecule has 0 amide bonds. The fourth-order valence-corrected chi connectivity index (χ4v) is 2.87. The Labute approximate surface area is 150 Å². The highest BCUT2D eigenvalue weighted by Gasteiger charge is 2.34. The summed E-state index contributed by atoms with van der Waals surface area (Å²) in [7, 11) is 5.31. The van der Waals surface area contributed by atoms with Crippen molar-refractivity contribution in [3.8, 4) is 11.5 Å². The molecule has 0 unspecified atom stereocenters. The molecule has 1 aliphatic carbocycles. The molecule has 6 heteroatoms. The van der Waals surface area contributed by atoms with E-state index in [2.05, 4.69) is 28.2 Å². The first-order chi connectivity index (χ1) is 12.0. The fraction of sp³-hybridized carbons (Fsp3) is 0.632. The van der Waals surface area contributed by atoms with E-state index >= 15 is 0 Å². The van der Waals surface area contributed by atoms with E-state index in [0.717, 1.165) is 56.2 Å². The molecule has 2 N–H and O–H groups in total. The van der Waals surface area contributed by atoms with Gasteiger partial charge < -0.3 is 24.8 Å². The number of rotatable bonds is 8. The van der Waals surface area contributed by atoms with Gasteiger partial charge in [0.15, 0.2) is 17.5 Å². The van der Waals surface area contributed by atoms with Crippen LogP contribution in [0.4, 0.5) is 0 Å². The molecule has 0 atom stereocenters. The molecule has 0 heterocycles. The molecule has 0 aliphatic heterocycles. The van der Waals surface area contributed by atoms with E-state index in [1.54, 1.807) is 14.2 Å². The van der Waals surface area contributed by atoms with Crippen LogP contribution in [0.15, 0.2) is 23.2 Å². The molecule has 1 aliphatic rings. The van der Waals surface area contributed by atoms with E-state index in [9.17, 15) is 5.11 Å². The topological polar surface area (TPSA) is 66.3 Å². The number of benzene rings is 1. The van der Waals surface area contributed by atoms with Crippen LogP contribution < -0.4 is 14.8 Å². The maximum Gasteiger partial charge on any atom is 0.193 e. The highest BCUT2D eigenvalue weighted by molar-refractivity contribution is 5.79. The van der Waals surface area contributed by atoms with E-state index in [-0.39, 0.29) is 0 Å². The molecule has 6 nitrogen and oxygen atoms in total. The van der Waals surface area contributed by atoms with Crippen molar-refractivity contribution in [3.05, 3.63) is 23.8 Å². The average Bonchev–Trinajstić information content (AvgIpc) is 2.61. The van der Waals surface area contributed by atoms with Gasteiger partial charge in [-0.3, -0.25) is 4.99 Å². The van der Waals surface area contributed by atoms with Crippen LogP contribution in [0.1, 0.15) is 31.7 Å². The maximum atomic E-state index is 10.2. The third-order valence-corrected chi connectivity index (χ3v) is 4.69. The summed E-state index contributed by atoms with van der Waals surface area (Å²) >= 11 is 0. The Bertz CT molecular complexity index is 585. The van der Waals surface area contributed by atoms with Gasteiger partial charge in [0.1, 0.15) is 0 Å². The van der Waals surface area contributed by atoms with Crippen LogP contribution in [0, 0.1) is 0 Å². The quantitative estimate of drug-likeness (QED) is 0.555. The van der Waals surface area contributed by atoms with E-state index in [4.69, 9.17) is 9.47 Å². The lowest BCUT2D eigenvalue weighted by molar-refractivity contribution is -0.0237. The van der Waals surface area contributed by atoms with Crippen molar-refractivity contribution >= 4 is 5.96 Å². The Morgan fingerprint density at radius 1 is 1.28 bits per heavy atom. The summed E-state index contributed by atoms with van der Waals surface area (Å²) in [5.74, 6) is 2.32. The number of aliphatic hydroxyl groups is 1. The van der Waals surface area contributed by atoms with Crippen LogP contribution in [-0.4, -0.2) is 62.5 Å². The second-order valence-electron chi connectivity index (χ2n) is 6.61. The van der Waals surface area contributed by atoms with Crippen LogP contribution in [0.2, 0.25) is 0 Å². The third kappa shape index (κ3) is 5.26. The average molecular weight is 349 g/mol. The second kappa shape index (κ2) is 8.94. The van der Waals surface area contributed by atoms with Crippen LogP contribution in [0.5, 0.6) is 11.5 Å².